The second-order valence-electron chi connectivity index (χ2n) is 3.17. The highest BCUT2D eigenvalue weighted by molar-refractivity contribution is 5.34. The smallest absolute Gasteiger partial charge is 0.287 e. The van der Waals surface area contributed by atoms with Crippen molar-refractivity contribution in [3.05, 3.63) is 33.6 Å². The summed E-state index contributed by atoms with van der Waals surface area (Å²) in [6.07, 6.45) is 2.02. The van der Waals surface area contributed by atoms with Crippen molar-refractivity contribution in [3.8, 4) is 0 Å². The van der Waals surface area contributed by atoms with Crippen molar-refractivity contribution in [2.45, 2.75) is 26.3 Å². The summed E-state index contributed by atoms with van der Waals surface area (Å²) in [4.78, 5) is 14.0. The number of rotatable bonds is 3. The Balaban J connectivity index is 3.07. The zero-order valence-corrected chi connectivity index (χ0v) is 8.23. The molecule has 0 aromatic carbocycles. The number of hydrogen-bond donors (Lipinski definition) is 1. The van der Waals surface area contributed by atoms with Crippen molar-refractivity contribution < 1.29 is 4.92 Å². The Morgan fingerprint density at radius 1 is 1.71 bits per heavy atom. The van der Waals surface area contributed by atoms with Gasteiger partial charge in [-0.15, -0.1) is 0 Å². The van der Waals surface area contributed by atoms with Crippen LogP contribution in [0.25, 0.3) is 0 Å². The van der Waals surface area contributed by atoms with Gasteiger partial charge in [0.25, 0.3) is 5.69 Å². The average molecular weight is 195 g/mol. The molecular weight excluding hydrogens is 182 g/mol. The first-order valence-electron chi connectivity index (χ1n) is 4.42. The van der Waals surface area contributed by atoms with Gasteiger partial charge in [0, 0.05) is 12.1 Å². The van der Waals surface area contributed by atoms with Gasteiger partial charge in [0.1, 0.15) is 6.20 Å². The van der Waals surface area contributed by atoms with Crippen molar-refractivity contribution in [1.29, 1.82) is 0 Å². The summed E-state index contributed by atoms with van der Waals surface area (Å²) in [5.74, 6) is 0. The van der Waals surface area contributed by atoms with Gasteiger partial charge in [0.05, 0.1) is 10.6 Å². The van der Waals surface area contributed by atoms with E-state index in [1.807, 2.05) is 6.92 Å². The van der Waals surface area contributed by atoms with E-state index in [1.54, 1.807) is 6.92 Å². The molecule has 0 amide bonds. The molecule has 5 heteroatoms. The molecule has 0 radical (unpaired) electrons. The van der Waals surface area contributed by atoms with Crippen LogP contribution in [0.1, 0.15) is 30.6 Å². The van der Waals surface area contributed by atoms with Gasteiger partial charge in [-0.2, -0.15) is 0 Å². The van der Waals surface area contributed by atoms with E-state index in [-0.39, 0.29) is 11.7 Å². The molecule has 76 valence electrons. The molecule has 0 aliphatic carbocycles. The van der Waals surface area contributed by atoms with E-state index in [0.29, 0.717) is 0 Å². The van der Waals surface area contributed by atoms with Crippen LogP contribution < -0.4 is 5.73 Å². The first kappa shape index (κ1) is 10.6. The molecule has 1 unspecified atom stereocenters. The summed E-state index contributed by atoms with van der Waals surface area (Å²) in [5, 5.41) is 10.4. The Kier molecular flexibility index (Phi) is 3.14. The number of aromatic nitrogens is 1. The predicted molar refractivity (Wildman–Crippen MR) is 52.8 cm³/mol. The fourth-order valence-electron chi connectivity index (χ4n) is 1.25. The summed E-state index contributed by atoms with van der Waals surface area (Å²) in [6, 6.07) is 1.36. The zero-order valence-electron chi connectivity index (χ0n) is 8.23. The molecule has 0 aliphatic heterocycles. The molecular formula is C9H13N3O2. The van der Waals surface area contributed by atoms with E-state index in [4.69, 9.17) is 5.73 Å². The molecule has 0 spiro atoms. The van der Waals surface area contributed by atoms with Gasteiger partial charge in [-0.1, -0.05) is 6.92 Å². The van der Waals surface area contributed by atoms with Gasteiger partial charge in [0.2, 0.25) is 0 Å². The van der Waals surface area contributed by atoms with Gasteiger partial charge in [-0.05, 0) is 18.9 Å². The van der Waals surface area contributed by atoms with Gasteiger partial charge < -0.3 is 5.73 Å². The number of nitrogens with two attached hydrogens (primary N) is 1. The fraction of sp³-hybridized carbons (Fsp3) is 0.444. The van der Waals surface area contributed by atoms with E-state index < -0.39 is 4.92 Å². The zero-order chi connectivity index (χ0) is 10.7. The minimum Gasteiger partial charge on any atom is -0.323 e. The lowest BCUT2D eigenvalue weighted by molar-refractivity contribution is -0.385. The maximum atomic E-state index is 10.4. The summed E-state index contributed by atoms with van der Waals surface area (Å²) in [5.41, 5.74) is 7.30. The van der Waals surface area contributed by atoms with Crippen LogP contribution in [0.15, 0.2) is 12.3 Å². The third-order valence-corrected chi connectivity index (χ3v) is 2.11. The molecule has 1 atom stereocenters. The van der Waals surface area contributed by atoms with Crippen molar-refractivity contribution in [1.82, 2.24) is 4.98 Å². The molecule has 1 aromatic rings. The maximum absolute atomic E-state index is 10.4. The second kappa shape index (κ2) is 4.15. The minimum absolute atomic E-state index is 0.00885. The highest BCUT2D eigenvalue weighted by Crippen LogP contribution is 2.19. The topological polar surface area (TPSA) is 82.0 Å². The van der Waals surface area contributed by atoms with Gasteiger partial charge in [0.15, 0.2) is 0 Å². The molecule has 1 heterocycles. The quantitative estimate of drug-likeness (QED) is 0.588. The molecule has 0 saturated carbocycles. The third-order valence-electron chi connectivity index (χ3n) is 2.11. The summed E-state index contributed by atoms with van der Waals surface area (Å²) in [6.45, 7) is 3.73. The van der Waals surface area contributed by atoms with Crippen LogP contribution in [-0.4, -0.2) is 9.91 Å². The highest BCUT2D eigenvalue weighted by atomic mass is 16.6. The Morgan fingerprint density at radius 3 is 2.79 bits per heavy atom. The number of nitro groups is 1. The fourth-order valence-corrected chi connectivity index (χ4v) is 1.25. The third kappa shape index (κ3) is 2.05. The lowest BCUT2D eigenvalue weighted by Crippen LogP contribution is -2.12. The Bertz CT molecular complexity index is 352. The van der Waals surface area contributed by atoms with Crippen molar-refractivity contribution >= 4 is 5.69 Å². The van der Waals surface area contributed by atoms with Crippen LogP contribution in [0.5, 0.6) is 0 Å². The molecule has 1 rings (SSSR count). The lowest BCUT2D eigenvalue weighted by Gasteiger charge is -2.10. The van der Waals surface area contributed by atoms with Crippen LogP contribution >= 0.6 is 0 Å². The Hall–Kier alpha value is -1.49. The van der Waals surface area contributed by atoms with E-state index in [9.17, 15) is 10.1 Å². The average Bonchev–Trinajstić information content (AvgIpc) is 2.16. The van der Waals surface area contributed by atoms with Crippen LogP contribution in [0.4, 0.5) is 5.69 Å². The molecule has 0 saturated heterocycles. The van der Waals surface area contributed by atoms with Crippen molar-refractivity contribution in [2.24, 2.45) is 5.73 Å². The van der Waals surface area contributed by atoms with E-state index in [2.05, 4.69) is 4.98 Å². The Labute approximate surface area is 82.1 Å². The van der Waals surface area contributed by atoms with Crippen molar-refractivity contribution in [3.63, 3.8) is 0 Å². The second-order valence-corrected chi connectivity index (χ2v) is 3.17. The van der Waals surface area contributed by atoms with Crippen molar-refractivity contribution in [2.75, 3.05) is 0 Å². The molecule has 0 fully saturated rings. The largest absolute Gasteiger partial charge is 0.323 e. The first-order valence-corrected chi connectivity index (χ1v) is 4.42. The first-order chi connectivity index (χ1) is 6.56. The van der Waals surface area contributed by atoms with E-state index in [1.165, 1.54) is 12.3 Å². The van der Waals surface area contributed by atoms with Crippen LogP contribution in [0.3, 0.4) is 0 Å². The predicted octanol–water partition coefficient (Wildman–Crippen LogP) is 1.71. The standard InChI is InChI=1S/C9H13N3O2/c1-3-8(10)9-6(2)4-7(5-11-9)12(13)14/h4-5,8H,3,10H2,1-2H3. The SMILES string of the molecule is CCC(N)c1ncc([N+](=O)[O-])cc1C. The normalized spacial score (nSPS) is 12.5. The van der Waals surface area contributed by atoms with E-state index in [0.717, 1.165) is 17.7 Å². The van der Waals surface area contributed by atoms with Gasteiger partial charge >= 0.3 is 0 Å². The maximum Gasteiger partial charge on any atom is 0.287 e. The molecule has 14 heavy (non-hydrogen) atoms. The molecule has 0 bridgehead atoms. The summed E-state index contributed by atoms with van der Waals surface area (Å²) in [7, 11) is 0. The van der Waals surface area contributed by atoms with Crippen LogP contribution in [0, 0.1) is 17.0 Å². The van der Waals surface area contributed by atoms with E-state index >= 15 is 0 Å². The summed E-state index contributed by atoms with van der Waals surface area (Å²) < 4.78 is 0. The van der Waals surface area contributed by atoms with Gasteiger partial charge in [-0.25, -0.2) is 0 Å². The minimum atomic E-state index is -0.457. The lowest BCUT2D eigenvalue weighted by atomic mass is 10.1. The number of nitrogens with zero attached hydrogens (tertiary/aromatic N) is 2. The monoisotopic (exact) mass is 195 g/mol. The molecule has 0 aliphatic rings. The van der Waals surface area contributed by atoms with Crippen LogP contribution in [-0.2, 0) is 0 Å². The summed E-state index contributed by atoms with van der Waals surface area (Å²) >= 11 is 0. The number of aryl methyl sites for hydroxylation is 1. The molecule has 5 nitrogen and oxygen atoms in total. The highest BCUT2D eigenvalue weighted by Gasteiger charge is 2.13. The molecule has 1 aromatic heterocycles. The van der Waals surface area contributed by atoms with Crippen LogP contribution in [0.2, 0.25) is 0 Å². The number of hydrogen-bond acceptors (Lipinski definition) is 4. The Morgan fingerprint density at radius 2 is 2.36 bits per heavy atom. The number of pyridine rings is 1. The molecule has 2 N–H and O–H groups in total. The van der Waals surface area contributed by atoms with Gasteiger partial charge in [-0.3, -0.25) is 15.1 Å².